The number of nitrogens with two attached hydrogens (primary N) is 1. The van der Waals surface area contributed by atoms with Crippen LogP contribution in [0.25, 0.3) is 10.2 Å². The second-order valence-corrected chi connectivity index (χ2v) is 12.1. The van der Waals surface area contributed by atoms with E-state index in [4.69, 9.17) is 9.88 Å². The van der Waals surface area contributed by atoms with Crippen LogP contribution in [-0.4, -0.2) is 48.6 Å². The van der Waals surface area contributed by atoms with Gasteiger partial charge in [0.2, 0.25) is 21.9 Å². The molecule has 0 spiro atoms. The number of aromatic nitrogens is 2. The van der Waals surface area contributed by atoms with E-state index in [1.807, 2.05) is 30.2 Å². The minimum absolute atomic E-state index is 0.0490. The third-order valence-corrected chi connectivity index (χ3v) is 8.48. The van der Waals surface area contributed by atoms with E-state index in [1.165, 1.54) is 23.5 Å². The molecule has 3 heterocycles. The number of alkyl halides is 1. The largest absolute Gasteiger partial charge is 0.437 e. The Morgan fingerprint density at radius 2 is 1.92 bits per heavy atom. The summed E-state index contributed by atoms with van der Waals surface area (Å²) >= 11 is 1.46. The maximum absolute atomic E-state index is 15.3. The van der Waals surface area contributed by atoms with E-state index in [2.05, 4.69) is 21.4 Å². The van der Waals surface area contributed by atoms with Gasteiger partial charge in [0.15, 0.2) is 0 Å². The van der Waals surface area contributed by atoms with Crippen LogP contribution in [0.1, 0.15) is 28.7 Å². The van der Waals surface area contributed by atoms with Crippen molar-refractivity contribution in [2.24, 2.45) is 5.14 Å². The second kappa shape index (κ2) is 10.9. The normalized spacial score (nSPS) is 18.1. The van der Waals surface area contributed by atoms with E-state index in [0.29, 0.717) is 48.2 Å². The molecule has 0 saturated carbocycles. The van der Waals surface area contributed by atoms with Crippen LogP contribution in [0, 0.1) is 25.2 Å². The lowest BCUT2D eigenvalue weighted by Crippen LogP contribution is -2.47. The molecule has 2 aromatic heterocycles. The third kappa shape index (κ3) is 6.02. The molecule has 2 atom stereocenters. The number of likely N-dealkylation sites (tertiary alicyclic amines) is 1. The minimum Gasteiger partial charge on any atom is -0.437 e. The maximum atomic E-state index is 15.3. The molecule has 2 unspecified atom stereocenters. The summed E-state index contributed by atoms with van der Waals surface area (Å²) in [5, 5.41) is 19.5. The monoisotopic (exact) mass is 566 g/mol. The average molecular weight is 567 g/mol. The van der Waals surface area contributed by atoms with Gasteiger partial charge < -0.3 is 10.1 Å². The lowest BCUT2D eigenvalue weighted by molar-refractivity contribution is 0.121. The Kier molecular flexibility index (Phi) is 7.51. The lowest BCUT2D eigenvalue weighted by atomic mass is 10.0. The van der Waals surface area contributed by atoms with Crippen molar-refractivity contribution in [3.8, 4) is 17.7 Å². The number of thiophene rings is 1. The fraction of sp³-hybridized carbons (Fsp3) is 0.296. The molecule has 0 bridgehead atoms. The zero-order chi connectivity index (χ0) is 27.7. The van der Waals surface area contributed by atoms with Gasteiger partial charge >= 0.3 is 0 Å². The SMILES string of the molecule is Cc1cc(C#N)cc(C)c1Oc1nc(NC2CCN(Cc3ccc(S(N)(=O)=O)cc3)CC2F)nc2ccsc12. The number of hydrogen-bond acceptors (Lipinski definition) is 9. The predicted molar refractivity (Wildman–Crippen MR) is 148 cm³/mol. The molecule has 0 aliphatic carbocycles. The van der Waals surface area contributed by atoms with E-state index < -0.39 is 22.2 Å². The summed E-state index contributed by atoms with van der Waals surface area (Å²) in [4.78, 5) is 11.2. The number of aryl methyl sites for hydroxylation is 2. The summed E-state index contributed by atoms with van der Waals surface area (Å²) in [7, 11) is -3.75. The molecule has 39 heavy (non-hydrogen) atoms. The molecule has 5 rings (SSSR count). The van der Waals surface area contributed by atoms with Gasteiger partial charge in [-0.2, -0.15) is 10.2 Å². The van der Waals surface area contributed by atoms with E-state index in [0.717, 1.165) is 21.4 Å². The fourth-order valence-corrected chi connectivity index (χ4v) is 6.00. The van der Waals surface area contributed by atoms with Crippen LogP contribution in [-0.2, 0) is 16.6 Å². The standard InChI is InChI=1S/C27H27FN6O3S2/c1-16-11-19(13-29)12-17(2)24(16)37-26-25-23(8-10-38-25)32-27(33-26)31-22-7-9-34(15-21(22)28)14-18-3-5-20(6-4-18)39(30,35)36/h3-6,8,10-12,21-22H,7,9,14-15H2,1-2H3,(H2,30,35,36)(H,31,32,33). The first-order valence-corrected chi connectivity index (χ1v) is 14.7. The molecule has 3 N–H and O–H groups in total. The van der Waals surface area contributed by atoms with Crippen molar-refractivity contribution in [2.45, 2.75) is 43.9 Å². The number of nitrogens with zero attached hydrogens (tertiary/aromatic N) is 4. The summed E-state index contributed by atoms with van der Waals surface area (Å²) < 4.78 is 45.2. The second-order valence-electron chi connectivity index (χ2n) is 9.62. The van der Waals surface area contributed by atoms with Gasteiger partial charge in [0.1, 0.15) is 16.6 Å². The van der Waals surface area contributed by atoms with Crippen LogP contribution in [0.3, 0.4) is 0 Å². The van der Waals surface area contributed by atoms with Gasteiger partial charge in [-0.25, -0.2) is 22.9 Å². The number of anilines is 1. The summed E-state index contributed by atoms with van der Waals surface area (Å²) in [5.74, 6) is 1.30. The predicted octanol–water partition coefficient (Wildman–Crippen LogP) is 4.64. The van der Waals surface area contributed by atoms with Gasteiger partial charge in [0.05, 0.1) is 28.1 Å². The Hall–Kier alpha value is -3.63. The Morgan fingerprint density at radius 1 is 1.21 bits per heavy atom. The lowest BCUT2D eigenvalue weighted by Gasteiger charge is -2.35. The van der Waals surface area contributed by atoms with Crippen molar-refractivity contribution in [2.75, 3.05) is 18.4 Å². The van der Waals surface area contributed by atoms with Gasteiger partial charge in [0.25, 0.3) is 0 Å². The number of sulfonamides is 1. The third-order valence-electron chi connectivity index (χ3n) is 6.66. The highest BCUT2D eigenvalue weighted by molar-refractivity contribution is 7.89. The number of primary sulfonamides is 1. The molecule has 0 radical (unpaired) electrons. The summed E-state index contributed by atoms with van der Waals surface area (Å²) in [5.41, 5.74) is 3.78. The Morgan fingerprint density at radius 3 is 2.56 bits per heavy atom. The highest BCUT2D eigenvalue weighted by atomic mass is 32.2. The minimum atomic E-state index is -3.75. The van der Waals surface area contributed by atoms with Crippen LogP contribution in [0.15, 0.2) is 52.7 Å². The molecule has 0 amide bonds. The number of nitrogens with one attached hydrogen (secondary N) is 1. The van der Waals surface area contributed by atoms with E-state index in [-0.39, 0.29) is 11.4 Å². The number of halogens is 1. The van der Waals surface area contributed by atoms with Crippen LogP contribution >= 0.6 is 11.3 Å². The molecule has 202 valence electrons. The van der Waals surface area contributed by atoms with Crippen molar-refractivity contribution >= 4 is 37.5 Å². The topological polar surface area (TPSA) is 134 Å². The molecule has 12 heteroatoms. The van der Waals surface area contributed by atoms with Gasteiger partial charge in [-0.15, -0.1) is 11.3 Å². The van der Waals surface area contributed by atoms with Crippen LogP contribution in [0.4, 0.5) is 10.3 Å². The van der Waals surface area contributed by atoms with Gasteiger partial charge in [0, 0.05) is 19.6 Å². The average Bonchev–Trinajstić information content (AvgIpc) is 3.36. The van der Waals surface area contributed by atoms with E-state index in [1.54, 1.807) is 24.3 Å². The van der Waals surface area contributed by atoms with Crippen molar-refractivity contribution in [1.82, 2.24) is 14.9 Å². The first kappa shape index (κ1) is 27.0. The number of rotatable bonds is 7. The summed E-state index contributed by atoms with van der Waals surface area (Å²) in [6, 6.07) is 13.4. The Labute approximate surface area is 230 Å². The maximum Gasteiger partial charge on any atom is 0.242 e. The number of fused-ring (bicyclic) bond motifs is 1. The van der Waals surface area contributed by atoms with E-state index >= 15 is 4.39 Å². The highest BCUT2D eigenvalue weighted by Crippen LogP contribution is 2.36. The number of hydrogen-bond donors (Lipinski definition) is 2. The number of piperidine rings is 1. The van der Waals surface area contributed by atoms with Gasteiger partial charge in [-0.3, -0.25) is 4.90 Å². The Bertz CT molecular complexity index is 1640. The molecular weight excluding hydrogens is 539 g/mol. The van der Waals surface area contributed by atoms with Gasteiger partial charge in [-0.05, 0) is 72.7 Å². The smallest absolute Gasteiger partial charge is 0.242 e. The Balaban J connectivity index is 1.29. The fourth-order valence-electron chi connectivity index (χ4n) is 4.73. The molecule has 2 aromatic carbocycles. The molecular formula is C27H27FN6O3S2. The summed E-state index contributed by atoms with van der Waals surface area (Å²) in [6.07, 6.45) is -0.637. The number of nitriles is 1. The molecule has 1 saturated heterocycles. The van der Waals surface area contributed by atoms with Gasteiger partial charge in [-0.1, -0.05) is 12.1 Å². The molecule has 1 aliphatic rings. The van der Waals surface area contributed by atoms with Crippen LogP contribution in [0.5, 0.6) is 11.6 Å². The highest BCUT2D eigenvalue weighted by Gasteiger charge is 2.30. The van der Waals surface area contributed by atoms with E-state index in [9.17, 15) is 13.7 Å². The first-order valence-electron chi connectivity index (χ1n) is 12.3. The van der Waals surface area contributed by atoms with Crippen LogP contribution < -0.4 is 15.2 Å². The molecule has 1 fully saturated rings. The van der Waals surface area contributed by atoms with Crippen molar-refractivity contribution in [3.05, 3.63) is 70.1 Å². The van der Waals surface area contributed by atoms with Crippen LogP contribution in [0.2, 0.25) is 0 Å². The molecule has 9 nitrogen and oxygen atoms in total. The zero-order valence-electron chi connectivity index (χ0n) is 21.4. The van der Waals surface area contributed by atoms with Crippen molar-refractivity contribution < 1.29 is 17.5 Å². The quantitative estimate of drug-likeness (QED) is 0.330. The van der Waals surface area contributed by atoms with Crippen molar-refractivity contribution in [1.29, 1.82) is 5.26 Å². The van der Waals surface area contributed by atoms with Crippen molar-refractivity contribution in [3.63, 3.8) is 0 Å². The molecule has 4 aromatic rings. The zero-order valence-corrected chi connectivity index (χ0v) is 23.0. The number of benzene rings is 2. The number of ether oxygens (including phenoxy) is 1. The first-order chi connectivity index (χ1) is 18.6. The molecule has 1 aliphatic heterocycles. The summed E-state index contributed by atoms with van der Waals surface area (Å²) in [6.45, 7) is 5.11.